The fourth-order valence-corrected chi connectivity index (χ4v) is 6.16. The van der Waals surface area contributed by atoms with E-state index in [1.807, 2.05) is 23.7 Å². The van der Waals surface area contributed by atoms with Crippen LogP contribution in [0.3, 0.4) is 0 Å². The van der Waals surface area contributed by atoms with Crippen LogP contribution in [0.2, 0.25) is 0 Å². The van der Waals surface area contributed by atoms with Gasteiger partial charge >= 0.3 is 12.0 Å². The van der Waals surface area contributed by atoms with Crippen LogP contribution in [0.5, 0.6) is 0 Å². The van der Waals surface area contributed by atoms with E-state index in [2.05, 4.69) is 5.32 Å². The molecule has 0 radical (unpaired) electrons. The first-order chi connectivity index (χ1) is 15.8. The van der Waals surface area contributed by atoms with Crippen molar-refractivity contribution in [3.05, 3.63) is 0 Å². The van der Waals surface area contributed by atoms with E-state index in [4.69, 9.17) is 4.84 Å². The summed E-state index contributed by atoms with van der Waals surface area (Å²) in [5.41, 5.74) is 0. The van der Waals surface area contributed by atoms with Crippen LogP contribution in [0.25, 0.3) is 0 Å². The molecule has 3 fully saturated rings. The Morgan fingerprint density at radius 1 is 1.06 bits per heavy atom. The van der Waals surface area contributed by atoms with Gasteiger partial charge in [-0.3, -0.25) is 14.4 Å². The summed E-state index contributed by atoms with van der Waals surface area (Å²) in [6.45, 7) is 0.623. The lowest BCUT2D eigenvalue weighted by Gasteiger charge is -2.23. The van der Waals surface area contributed by atoms with Crippen molar-refractivity contribution in [1.29, 1.82) is 0 Å². The molecule has 0 aromatic heterocycles. The average molecular weight is 483 g/mol. The maximum Gasteiger partial charge on any atom is 0.333 e. The molecule has 3 aliphatic heterocycles. The number of hydrogen-bond acceptors (Lipinski definition) is 7. The summed E-state index contributed by atoms with van der Waals surface area (Å²) in [6.07, 6.45) is 5.71. The molecule has 184 valence electrons. The van der Waals surface area contributed by atoms with E-state index in [9.17, 15) is 24.0 Å². The number of amides is 5. The number of imide groups is 1. The minimum Gasteiger partial charge on any atom is -0.346 e. The van der Waals surface area contributed by atoms with Crippen molar-refractivity contribution >= 4 is 41.5 Å². The van der Waals surface area contributed by atoms with Gasteiger partial charge in [-0.15, -0.1) is 5.06 Å². The molecule has 11 heteroatoms. The van der Waals surface area contributed by atoms with Gasteiger partial charge in [0, 0.05) is 57.3 Å². The number of thioether (sulfide) groups is 1. The monoisotopic (exact) mass is 482 g/mol. The van der Waals surface area contributed by atoms with Crippen LogP contribution >= 0.6 is 11.8 Å². The standard InChI is InChI=1S/C22H34N4O6S/c1-24(13-7-3-4-10-20(30)32-26-18(28)11-12-19(26)29)17(27)9-6-5-8-16-21-15(14-33-16)23-22(31)25(21)2/h15-16,21H,3-14H2,1-2H3,(H,23,31)/t15-,16-,21-/m0/s1. The van der Waals surface area contributed by atoms with E-state index in [0.717, 1.165) is 37.9 Å². The Morgan fingerprint density at radius 3 is 2.48 bits per heavy atom. The number of hydrogen-bond donors (Lipinski definition) is 1. The molecule has 3 atom stereocenters. The zero-order valence-corrected chi connectivity index (χ0v) is 20.2. The summed E-state index contributed by atoms with van der Waals surface area (Å²) in [7, 11) is 3.65. The number of urea groups is 1. The molecule has 1 N–H and O–H groups in total. The lowest BCUT2D eigenvalue weighted by atomic mass is 10.0. The highest BCUT2D eigenvalue weighted by Gasteiger charge is 2.46. The number of unbranched alkanes of at least 4 members (excludes halogenated alkanes) is 3. The number of rotatable bonds is 12. The van der Waals surface area contributed by atoms with Crippen LogP contribution in [0.1, 0.15) is 64.2 Å². The highest BCUT2D eigenvalue weighted by atomic mass is 32.2. The SMILES string of the molecule is CN(CCCCCC(=O)ON1C(=O)CCC1=O)C(=O)CCCC[C@@H]1SC[C@@H]2NC(=O)N(C)[C@@H]21. The fraction of sp³-hybridized carbons (Fsp3) is 0.773. The van der Waals surface area contributed by atoms with Gasteiger partial charge in [0.25, 0.3) is 11.8 Å². The highest BCUT2D eigenvalue weighted by molar-refractivity contribution is 8.00. The van der Waals surface area contributed by atoms with Crippen molar-refractivity contribution in [1.82, 2.24) is 20.2 Å². The third kappa shape index (κ3) is 6.61. The second-order valence-electron chi connectivity index (χ2n) is 8.95. The molecule has 0 aromatic carbocycles. The molecule has 5 amide bonds. The fourth-order valence-electron chi connectivity index (χ4n) is 4.52. The molecule has 3 rings (SSSR count). The van der Waals surface area contributed by atoms with Gasteiger partial charge < -0.3 is 20.0 Å². The van der Waals surface area contributed by atoms with Crippen LogP contribution < -0.4 is 5.32 Å². The molecule has 0 spiro atoms. The summed E-state index contributed by atoms with van der Waals surface area (Å²) in [5, 5.41) is 4.03. The van der Waals surface area contributed by atoms with E-state index in [0.29, 0.717) is 29.7 Å². The Labute approximate surface area is 198 Å². The number of fused-ring (bicyclic) bond motifs is 1. The Balaban J connectivity index is 1.21. The Kier molecular flexibility index (Phi) is 8.99. The van der Waals surface area contributed by atoms with E-state index < -0.39 is 17.8 Å². The van der Waals surface area contributed by atoms with Crippen molar-refractivity contribution < 1.29 is 28.8 Å². The average Bonchev–Trinajstić information content (AvgIpc) is 3.41. The van der Waals surface area contributed by atoms with Gasteiger partial charge in [-0.25, -0.2) is 9.59 Å². The first-order valence-corrected chi connectivity index (χ1v) is 12.8. The van der Waals surface area contributed by atoms with Crippen LogP contribution in [0.4, 0.5) is 4.79 Å². The second-order valence-corrected chi connectivity index (χ2v) is 10.2. The van der Waals surface area contributed by atoms with Crippen molar-refractivity contribution in [2.24, 2.45) is 0 Å². The van der Waals surface area contributed by atoms with Gasteiger partial charge in [0.1, 0.15) is 0 Å². The lowest BCUT2D eigenvalue weighted by Crippen LogP contribution is -2.38. The van der Waals surface area contributed by atoms with Crippen molar-refractivity contribution in [2.45, 2.75) is 81.5 Å². The highest BCUT2D eigenvalue weighted by Crippen LogP contribution is 2.36. The van der Waals surface area contributed by atoms with E-state index in [1.54, 1.807) is 11.9 Å². The topological polar surface area (TPSA) is 116 Å². The maximum atomic E-state index is 12.4. The molecule has 3 aliphatic rings. The number of nitrogens with zero attached hydrogens (tertiary/aromatic N) is 3. The third-order valence-electron chi connectivity index (χ3n) is 6.49. The molecule has 3 saturated heterocycles. The predicted molar refractivity (Wildman–Crippen MR) is 122 cm³/mol. The zero-order valence-electron chi connectivity index (χ0n) is 19.4. The molecule has 0 aromatic rings. The normalized spacial score (nSPS) is 24.3. The summed E-state index contributed by atoms with van der Waals surface area (Å²) < 4.78 is 0. The molecule has 10 nitrogen and oxygen atoms in total. The van der Waals surface area contributed by atoms with E-state index in [-0.39, 0.29) is 43.3 Å². The van der Waals surface area contributed by atoms with Crippen molar-refractivity contribution in [3.63, 3.8) is 0 Å². The van der Waals surface area contributed by atoms with Gasteiger partial charge in [-0.05, 0) is 25.7 Å². The molecule has 0 aliphatic carbocycles. The maximum absolute atomic E-state index is 12.4. The number of carbonyl (C=O) groups is 5. The number of likely N-dealkylation sites (N-methyl/N-ethyl adjacent to an activating group) is 1. The molecule has 0 saturated carbocycles. The lowest BCUT2D eigenvalue weighted by molar-refractivity contribution is -0.197. The van der Waals surface area contributed by atoms with Gasteiger partial charge in [0.15, 0.2) is 0 Å². The Hall–Kier alpha value is -2.30. The summed E-state index contributed by atoms with van der Waals surface area (Å²) >= 11 is 1.91. The molecule has 0 unspecified atom stereocenters. The van der Waals surface area contributed by atoms with Gasteiger partial charge in [-0.1, -0.05) is 12.8 Å². The predicted octanol–water partition coefficient (Wildman–Crippen LogP) is 1.68. The zero-order chi connectivity index (χ0) is 24.0. The van der Waals surface area contributed by atoms with Crippen molar-refractivity contribution in [3.8, 4) is 0 Å². The number of carbonyl (C=O) groups excluding carboxylic acids is 5. The molecule has 0 bridgehead atoms. The molecular formula is C22H34N4O6S. The van der Waals surface area contributed by atoms with E-state index in [1.165, 1.54) is 0 Å². The smallest absolute Gasteiger partial charge is 0.333 e. The molecular weight excluding hydrogens is 448 g/mol. The van der Waals surface area contributed by atoms with Crippen LogP contribution in [-0.4, -0.2) is 88.3 Å². The van der Waals surface area contributed by atoms with Crippen LogP contribution in [0, 0.1) is 0 Å². The summed E-state index contributed by atoms with van der Waals surface area (Å²) in [4.78, 5) is 67.2. The third-order valence-corrected chi connectivity index (χ3v) is 7.98. The van der Waals surface area contributed by atoms with Crippen molar-refractivity contribution in [2.75, 3.05) is 26.4 Å². The molecule has 3 heterocycles. The van der Waals surface area contributed by atoms with Gasteiger partial charge in [0.05, 0.1) is 12.1 Å². The first-order valence-electron chi connectivity index (χ1n) is 11.7. The first kappa shape index (κ1) is 25.3. The summed E-state index contributed by atoms with van der Waals surface area (Å²) in [6, 6.07) is 0.521. The number of nitrogens with one attached hydrogen (secondary N) is 1. The van der Waals surface area contributed by atoms with Crippen LogP contribution in [0.15, 0.2) is 0 Å². The van der Waals surface area contributed by atoms with Gasteiger partial charge in [0.2, 0.25) is 5.91 Å². The minimum absolute atomic E-state index is 0.0146. The second kappa shape index (κ2) is 11.7. The summed E-state index contributed by atoms with van der Waals surface area (Å²) in [5.74, 6) is -0.458. The van der Waals surface area contributed by atoms with E-state index >= 15 is 0 Å². The minimum atomic E-state index is -0.585. The molecule has 33 heavy (non-hydrogen) atoms. The largest absolute Gasteiger partial charge is 0.346 e. The Bertz CT molecular complexity index is 762. The van der Waals surface area contributed by atoms with Gasteiger partial charge in [-0.2, -0.15) is 11.8 Å². The van der Waals surface area contributed by atoms with Crippen LogP contribution in [-0.2, 0) is 24.0 Å². The Morgan fingerprint density at radius 2 is 1.76 bits per heavy atom. The number of hydroxylamine groups is 2. The quantitative estimate of drug-likeness (QED) is 0.256.